The highest BCUT2D eigenvalue weighted by Crippen LogP contribution is 2.37. The van der Waals surface area contributed by atoms with Gasteiger partial charge in [0.05, 0.1) is 5.41 Å². The van der Waals surface area contributed by atoms with Crippen molar-refractivity contribution in [3.05, 3.63) is 35.9 Å². The number of piperidine rings is 1. The summed E-state index contributed by atoms with van der Waals surface area (Å²) in [7, 11) is 0. The van der Waals surface area contributed by atoms with Crippen molar-refractivity contribution in [1.82, 2.24) is 15.1 Å². The molecule has 1 aromatic rings. The van der Waals surface area contributed by atoms with Crippen LogP contribution in [-0.4, -0.2) is 76.1 Å². The van der Waals surface area contributed by atoms with E-state index in [-0.39, 0.29) is 17.7 Å². The Morgan fingerprint density at radius 3 is 2.19 bits per heavy atom. The molecule has 0 radical (unpaired) electrons. The summed E-state index contributed by atoms with van der Waals surface area (Å²) in [6.07, 6.45) is 1.54. The molecule has 2 fully saturated rings. The van der Waals surface area contributed by atoms with E-state index in [1.165, 1.54) is 4.90 Å². The zero-order chi connectivity index (χ0) is 26.7. The van der Waals surface area contributed by atoms with Gasteiger partial charge in [-0.1, -0.05) is 44.2 Å². The quantitative estimate of drug-likeness (QED) is 0.619. The highest BCUT2D eigenvalue weighted by atomic mass is 16.6. The first kappa shape index (κ1) is 27.5. The Kier molecular flexibility index (Phi) is 8.31. The number of carboxylic acid groups (broad SMARTS) is 1. The summed E-state index contributed by atoms with van der Waals surface area (Å²) in [6, 6.07) is 7.76. The zero-order valence-corrected chi connectivity index (χ0v) is 22.0. The van der Waals surface area contributed by atoms with Crippen LogP contribution in [0.1, 0.15) is 65.9 Å². The summed E-state index contributed by atoms with van der Waals surface area (Å²) in [4.78, 5) is 54.7. The lowest BCUT2D eigenvalue weighted by Gasteiger charge is -2.42. The van der Waals surface area contributed by atoms with E-state index in [1.54, 1.807) is 39.5 Å². The first-order valence-corrected chi connectivity index (χ1v) is 12.7. The summed E-state index contributed by atoms with van der Waals surface area (Å²) < 4.78 is 5.50. The monoisotopic (exact) mass is 501 g/mol. The van der Waals surface area contributed by atoms with Gasteiger partial charge in [-0.2, -0.15) is 0 Å². The van der Waals surface area contributed by atoms with Crippen molar-refractivity contribution < 1.29 is 29.0 Å². The Labute approximate surface area is 213 Å². The highest BCUT2D eigenvalue weighted by Gasteiger charge is 2.47. The van der Waals surface area contributed by atoms with Gasteiger partial charge in [-0.15, -0.1) is 0 Å². The van der Waals surface area contributed by atoms with Crippen molar-refractivity contribution in [2.24, 2.45) is 5.92 Å². The predicted molar refractivity (Wildman–Crippen MR) is 134 cm³/mol. The van der Waals surface area contributed by atoms with Crippen LogP contribution in [0.3, 0.4) is 0 Å². The number of nitrogens with one attached hydrogen (secondary N) is 1. The van der Waals surface area contributed by atoms with Crippen molar-refractivity contribution in [2.45, 2.75) is 83.4 Å². The number of carboxylic acids is 1. The van der Waals surface area contributed by atoms with E-state index in [1.807, 2.05) is 30.3 Å². The molecule has 1 aromatic carbocycles. The van der Waals surface area contributed by atoms with Gasteiger partial charge in [0, 0.05) is 19.6 Å². The molecule has 0 saturated carbocycles. The third-order valence-corrected chi connectivity index (χ3v) is 7.07. The molecule has 198 valence electrons. The Hall–Kier alpha value is -3.10. The lowest BCUT2D eigenvalue weighted by atomic mass is 9.71. The van der Waals surface area contributed by atoms with E-state index in [0.717, 1.165) is 12.0 Å². The number of ether oxygens (including phenoxy) is 1. The van der Waals surface area contributed by atoms with Gasteiger partial charge < -0.3 is 20.1 Å². The molecule has 2 heterocycles. The molecule has 0 spiro atoms. The van der Waals surface area contributed by atoms with Gasteiger partial charge >= 0.3 is 12.1 Å². The van der Waals surface area contributed by atoms with Gasteiger partial charge in [0.15, 0.2) is 0 Å². The van der Waals surface area contributed by atoms with Crippen LogP contribution in [0.2, 0.25) is 0 Å². The number of carbonyl (C=O) groups excluding carboxylic acids is 3. The Morgan fingerprint density at radius 2 is 1.67 bits per heavy atom. The molecular weight excluding hydrogens is 462 g/mol. The fraction of sp³-hybridized carbons (Fsp3) is 0.630. The zero-order valence-electron chi connectivity index (χ0n) is 22.0. The fourth-order valence-electron chi connectivity index (χ4n) is 5.08. The van der Waals surface area contributed by atoms with Crippen LogP contribution in [0.5, 0.6) is 0 Å². The van der Waals surface area contributed by atoms with Crippen molar-refractivity contribution in [3.8, 4) is 0 Å². The van der Waals surface area contributed by atoms with Crippen molar-refractivity contribution in [1.29, 1.82) is 0 Å². The van der Waals surface area contributed by atoms with Crippen LogP contribution in [-0.2, 0) is 24.5 Å². The number of aliphatic carboxylic acids is 1. The van der Waals surface area contributed by atoms with Gasteiger partial charge in [0.25, 0.3) is 0 Å². The summed E-state index contributed by atoms with van der Waals surface area (Å²) in [6.45, 7) is 10.0. The van der Waals surface area contributed by atoms with Crippen LogP contribution in [0.15, 0.2) is 30.3 Å². The molecule has 36 heavy (non-hydrogen) atoms. The average Bonchev–Trinajstić information content (AvgIpc) is 3.31. The minimum atomic E-state index is -1.07. The first-order chi connectivity index (χ1) is 16.9. The summed E-state index contributed by atoms with van der Waals surface area (Å²) in [5, 5.41) is 12.4. The van der Waals surface area contributed by atoms with E-state index in [2.05, 4.69) is 5.32 Å². The standard InChI is InChI=1S/C27H39N3O6/c1-18(2)21(23(32)33)28-24(34)27(19-10-7-6-8-11-19)13-16-29(17-14-27)22(31)20-12-9-15-30(20)25(35)36-26(3,4)5/h6-8,10-11,18,20-21H,9,12-17H2,1-5H3,(H,28,34)(H,32,33)/t20-,21+/m0/s1. The molecule has 9 nitrogen and oxygen atoms in total. The predicted octanol–water partition coefficient (Wildman–Crippen LogP) is 3.17. The normalized spacial score (nSPS) is 20.7. The van der Waals surface area contributed by atoms with Crippen molar-refractivity contribution >= 4 is 23.9 Å². The second kappa shape index (κ2) is 10.9. The molecule has 0 aromatic heterocycles. The molecule has 0 unspecified atom stereocenters. The number of amides is 3. The Morgan fingerprint density at radius 1 is 1.06 bits per heavy atom. The van der Waals surface area contributed by atoms with Crippen molar-refractivity contribution in [3.63, 3.8) is 0 Å². The van der Waals surface area contributed by atoms with Crippen LogP contribution >= 0.6 is 0 Å². The smallest absolute Gasteiger partial charge is 0.410 e. The maximum atomic E-state index is 13.6. The van der Waals surface area contributed by atoms with Gasteiger partial charge in [0.2, 0.25) is 11.8 Å². The highest BCUT2D eigenvalue weighted by molar-refractivity contribution is 5.92. The molecule has 3 amide bonds. The molecule has 9 heteroatoms. The molecule has 2 atom stereocenters. The Balaban J connectivity index is 1.77. The van der Waals surface area contributed by atoms with Gasteiger partial charge in [-0.3, -0.25) is 14.5 Å². The lowest BCUT2D eigenvalue weighted by molar-refractivity contribution is -0.145. The molecule has 2 saturated heterocycles. The fourth-order valence-corrected chi connectivity index (χ4v) is 5.08. The van der Waals surface area contributed by atoms with E-state index in [0.29, 0.717) is 38.9 Å². The number of rotatable bonds is 6. The number of hydrogen-bond acceptors (Lipinski definition) is 5. The molecule has 2 aliphatic rings. The number of benzene rings is 1. The van der Waals surface area contributed by atoms with Crippen LogP contribution in [0, 0.1) is 5.92 Å². The van der Waals surface area contributed by atoms with Crippen LogP contribution in [0.25, 0.3) is 0 Å². The average molecular weight is 502 g/mol. The second-order valence-corrected chi connectivity index (χ2v) is 11.1. The van der Waals surface area contributed by atoms with Crippen LogP contribution in [0.4, 0.5) is 4.79 Å². The number of carbonyl (C=O) groups is 4. The summed E-state index contributed by atoms with van der Waals surface area (Å²) >= 11 is 0. The van der Waals surface area contributed by atoms with Crippen molar-refractivity contribution in [2.75, 3.05) is 19.6 Å². The third-order valence-electron chi connectivity index (χ3n) is 7.07. The molecule has 2 aliphatic heterocycles. The second-order valence-electron chi connectivity index (χ2n) is 11.1. The summed E-state index contributed by atoms with van der Waals surface area (Å²) in [5.74, 6) is -1.82. The number of nitrogens with zero attached hydrogens (tertiary/aromatic N) is 2. The molecule has 0 bridgehead atoms. The maximum Gasteiger partial charge on any atom is 0.410 e. The molecular formula is C27H39N3O6. The van der Waals surface area contributed by atoms with Crippen LogP contribution < -0.4 is 5.32 Å². The van der Waals surface area contributed by atoms with Gasteiger partial charge in [-0.05, 0) is 57.9 Å². The number of likely N-dealkylation sites (tertiary alicyclic amines) is 2. The molecule has 2 N–H and O–H groups in total. The Bertz CT molecular complexity index is 963. The summed E-state index contributed by atoms with van der Waals surface area (Å²) in [5.41, 5.74) is -0.787. The maximum absolute atomic E-state index is 13.6. The topological polar surface area (TPSA) is 116 Å². The van der Waals surface area contributed by atoms with E-state index in [9.17, 15) is 24.3 Å². The van der Waals surface area contributed by atoms with E-state index in [4.69, 9.17) is 4.74 Å². The minimum Gasteiger partial charge on any atom is -0.480 e. The largest absolute Gasteiger partial charge is 0.480 e. The number of hydrogen-bond donors (Lipinski definition) is 2. The van der Waals surface area contributed by atoms with Gasteiger partial charge in [-0.25, -0.2) is 9.59 Å². The SMILES string of the molecule is CC(C)[C@@H](NC(=O)C1(c2ccccc2)CCN(C(=O)[C@@H]2CCCN2C(=O)OC(C)(C)C)CC1)C(=O)O. The first-order valence-electron chi connectivity index (χ1n) is 12.7. The van der Waals surface area contributed by atoms with E-state index >= 15 is 0 Å². The minimum absolute atomic E-state index is 0.133. The van der Waals surface area contributed by atoms with Gasteiger partial charge in [0.1, 0.15) is 17.7 Å². The molecule has 0 aliphatic carbocycles. The molecule has 3 rings (SSSR count). The lowest BCUT2D eigenvalue weighted by Crippen LogP contribution is -2.58. The van der Waals surface area contributed by atoms with E-state index < -0.39 is 35.2 Å². The third kappa shape index (κ3) is 5.99.